The van der Waals surface area contributed by atoms with Crippen LogP contribution in [0.2, 0.25) is 5.02 Å². The zero-order valence-corrected chi connectivity index (χ0v) is 17.1. The summed E-state index contributed by atoms with van der Waals surface area (Å²) in [4.78, 5) is 13.0. The number of ether oxygens (including phenoxy) is 2. The third-order valence-corrected chi connectivity index (χ3v) is 6.13. The molecule has 6 nitrogen and oxygen atoms in total. The zero-order chi connectivity index (χ0) is 21.6. The summed E-state index contributed by atoms with van der Waals surface area (Å²) >= 11 is 5.79. The summed E-state index contributed by atoms with van der Waals surface area (Å²) in [5, 5.41) is -0.268. The monoisotopic (exact) mass is 448 g/mol. The molecule has 0 fully saturated rings. The van der Waals surface area contributed by atoms with Crippen LogP contribution in [-0.4, -0.2) is 34.9 Å². The highest BCUT2D eigenvalue weighted by Crippen LogP contribution is 2.43. The minimum atomic E-state index is -4.81. The number of fused-ring (bicyclic) bond motifs is 1. The quantitative estimate of drug-likeness (QED) is 0.681. The van der Waals surface area contributed by atoms with Gasteiger partial charge in [-0.15, -0.1) is 0 Å². The molecule has 1 heterocycles. The lowest BCUT2D eigenvalue weighted by atomic mass is 10.1. The van der Waals surface area contributed by atoms with E-state index >= 15 is 0 Å². The lowest BCUT2D eigenvalue weighted by Crippen LogP contribution is -2.38. The lowest BCUT2D eigenvalue weighted by Gasteiger charge is -2.29. The summed E-state index contributed by atoms with van der Waals surface area (Å²) in [6.45, 7) is -0.161. The van der Waals surface area contributed by atoms with Gasteiger partial charge in [-0.05, 0) is 29.8 Å². The molecule has 0 radical (unpaired) electrons. The van der Waals surface area contributed by atoms with Crippen LogP contribution in [0.5, 0.6) is 11.5 Å². The van der Waals surface area contributed by atoms with Crippen molar-refractivity contribution in [3.8, 4) is 11.5 Å². The Balaban J connectivity index is 2.10. The summed E-state index contributed by atoms with van der Waals surface area (Å²) in [6, 6.07) is 6.56. The molecule has 29 heavy (non-hydrogen) atoms. The number of rotatable bonds is 4. The smallest absolute Gasteiger partial charge is 0.418 e. The molecule has 1 unspecified atom stereocenters. The molecule has 0 aromatic heterocycles. The van der Waals surface area contributed by atoms with E-state index in [2.05, 4.69) is 4.36 Å². The van der Waals surface area contributed by atoms with E-state index in [0.717, 1.165) is 16.6 Å². The SMILES string of the molecule is COc1ccc(CN2C(=O)c3cc(Cl)cc(C(F)(F)F)c3N=S2(C)=O)cc1OC. The van der Waals surface area contributed by atoms with E-state index in [9.17, 15) is 22.2 Å². The number of amides is 1. The molecule has 0 saturated heterocycles. The fraction of sp³-hybridized carbons (Fsp3) is 0.278. The number of methoxy groups -OCH3 is 2. The summed E-state index contributed by atoms with van der Waals surface area (Å²) in [6.07, 6.45) is -3.69. The van der Waals surface area contributed by atoms with Crippen molar-refractivity contribution in [3.63, 3.8) is 0 Å². The summed E-state index contributed by atoms with van der Waals surface area (Å²) in [5.74, 6) is -0.0165. The van der Waals surface area contributed by atoms with Gasteiger partial charge >= 0.3 is 6.18 Å². The maximum atomic E-state index is 13.4. The number of carbonyl (C=O) groups excluding carboxylic acids is 1. The molecule has 2 aromatic carbocycles. The molecule has 0 aliphatic carbocycles. The number of hydrogen-bond acceptors (Lipinski definition) is 5. The molecule has 0 bridgehead atoms. The summed E-state index contributed by atoms with van der Waals surface area (Å²) in [5.41, 5.74) is -1.69. The molecule has 1 aliphatic heterocycles. The van der Waals surface area contributed by atoms with Crippen LogP contribution in [0.4, 0.5) is 18.9 Å². The first kappa shape index (κ1) is 21.3. The van der Waals surface area contributed by atoms with Crippen molar-refractivity contribution in [1.29, 1.82) is 0 Å². The Morgan fingerprint density at radius 1 is 1.14 bits per heavy atom. The first-order valence-corrected chi connectivity index (χ1v) is 10.4. The number of carbonyl (C=O) groups is 1. The molecule has 1 aliphatic rings. The average Bonchev–Trinajstić information content (AvgIpc) is 2.64. The Bertz CT molecular complexity index is 1110. The fourth-order valence-corrected chi connectivity index (χ4v) is 4.57. The largest absolute Gasteiger partial charge is 0.493 e. The number of nitrogens with zero attached hydrogens (tertiary/aromatic N) is 2. The first-order valence-electron chi connectivity index (χ1n) is 8.13. The van der Waals surface area contributed by atoms with E-state index in [4.69, 9.17) is 21.1 Å². The third kappa shape index (κ3) is 3.99. The molecule has 3 rings (SSSR count). The number of alkyl halides is 3. The van der Waals surface area contributed by atoms with Crippen LogP contribution in [-0.2, 0) is 22.6 Å². The minimum absolute atomic E-state index is 0.161. The highest BCUT2D eigenvalue weighted by molar-refractivity contribution is 7.91. The Kier molecular flexibility index (Phi) is 5.44. The normalized spacial score (nSPS) is 18.9. The van der Waals surface area contributed by atoms with Crippen LogP contribution in [0, 0.1) is 0 Å². The maximum absolute atomic E-state index is 13.4. The van der Waals surface area contributed by atoms with Gasteiger partial charge in [-0.3, -0.25) is 4.79 Å². The highest BCUT2D eigenvalue weighted by atomic mass is 35.5. The van der Waals surface area contributed by atoms with Crippen LogP contribution in [0.25, 0.3) is 0 Å². The molecule has 0 saturated carbocycles. The predicted octanol–water partition coefficient (Wildman–Crippen LogP) is 4.68. The molecule has 156 valence electrons. The van der Waals surface area contributed by atoms with Crippen LogP contribution >= 0.6 is 11.6 Å². The van der Waals surface area contributed by atoms with Crippen molar-refractivity contribution in [1.82, 2.24) is 4.31 Å². The second kappa shape index (κ2) is 7.42. The van der Waals surface area contributed by atoms with E-state index in [-0.39, 0.29) is 17.1 Å². The Morgan fingerprint density at radius 2 is 1.79 bits per heavy atom. The topological polar surface area (TPSA) is 68.2 Å². The number of benzene rings is 2. The molecule has 0 N–H and O–H groups in total. The van der Waals surface area contributed by atoms with Crippen LogP contribution in [0.1, 0.15) is 21.5 Å². The van der Waals surface area contributed by atoms with Gasteiger partial charge in [0.2, 0.25) is 0 Å². The first-order chi connectivity index (χ1) is 13.5. The predicted molar refractivity (Wildman–Crippen MR) is 102 cm³/mol. The van der Waals surface area contributed by atoms with Crippen LogP contribution in [0.15, 0.2) is 34.7 Å². The Labute approximate surface area is 170 Å². The molecule has 2 aromatic rings. The van der Waals surface area contributed by atoms with E-state index in [1.54, 1.807) is 18.2 Å². The zero-order valence-electron chi connectivity index (χ0n) is 15.5. The van der Waals surface area contributed by atoms with E-state index < -0.39 is 33.2 Å². The van der Waals surface area contributed by atoms with Gasteiger partial charge in [0.25, 0.3) is 5.91 Å². The molecule has 1 amide bonds. The van der Waals surface area contributed by atoms with Crippen molar-refractivity contribution in [2.45, 2.75) is 12.7 Å². The number of hydrogen-bond donors (Lipinski definition) is 0. The fourth-order valence-electron chi connectivity index (χ4n) is 2.92. The average molecular weight is 449 g/mol. The second-order valence-electron chi connectivity index (χ2n) is 6.23. The van der Waals surface area contributed by atoms with Gasteiger partial charge in [0.1, 0.15) is 9.92 Å². The van der Waals surface area contributed by atoms with Crippen molar-refractivity contribution in [3.05, 3.63) is 52.0 Å². The molecular formula is C18H16ClF3N2O4S. The van der Waals surface area contributed by atoms with Gasteiger partial charge in [0.05, 0.1) is 37.6 Å². The van der Waals surface area contributed by atoms with Crippen molar-refractivity contribution in [2.75, 3.05) is 20.5 Å². The standard InChI is InChI=1S/C18H16ClF3N2O4S/c1-27-14-5-4-10(6-15(14)28-2)9-24-17(25)12-7-11(19)8-13(18(20,21)22)16(12)23-29(24,3)26/h4-8H,9H2,1-3H3. The van der Waals surface area contributed by atoms with Gasteiger partial charge in [-0.2, -0.15) is 17.5 Å². The van der Waals surface area contributed by atoms with Gasteiger partial charge < -0.3 is 9.47 Å². The van der Waals surface area contributed by atoms with Gasteiger partial charge in [0, 0.05) is 11.3 Å². The van der Waals surface area contributed by atoms with Gasteiger partial charge in [-0.25, -0.2) is 8.51 Å². The van der Waals surface area contributed by atoms with Crippen molar-refractivity contribution in [2.24, 2.45) is 4.36 Å². The Hall–Kier alpha value is -2.46. The third-order valence-electron chi connectivity index (χ3n) is 4.28. The van der Waals surface area contributed by atoms with Gasteiger partial charge in [-0.1, -0.05) is 17.7 Å². The Morgan fingerprint density at radius 3 is 2.38 bits per heavy atom. The minimum Gasteiger partial charge on any atom is -0.493 e. The number of halogens is 4. The van der Waals surface area contributed by atoms with Crippen molar-refractivity contribution < 1.29 is 31.6 Å². The van der Waals surface area contributed by atoms with Crippen molar-refractivity contribution >= 4 is 33.1 Å². The molecule has 1 atom stereocenters. The highest BCUT2D eigenvalue weighted by Gasteiger charge is 2.40. The summed E-state index contributed by atoms with van der Waals surface area (Å²) < 4.78 is 68.2. The van der Waals surface area contributed by atoms with Crippen LogP contribution in [0.3, 0.4) is 0 Å². The maximum Gasteiger partial charge on any atom is 0.418 e. The van der Waals surface area contributed by atoms with E-state index in [1.165, 1.54) is 14.2 Å². The molecule has 11 heteroatoms. The lowest BCUT2D eigenvalue weighted by molar-refractivity contribution is -0.137. The van der Waals surface area contributed by atoms with Gasteiger partial charge in [0.15, 0.2) is 11.5 Å². The second-order valence-corrected chi connectivity index (χ2v) is 8.82. The van der Waals surface area contributed by atoms with E-state index in [0.29, 0.717) is 23.1 Å². The van der Waals surface area contributed by atoms with E-state index in [1.807, 2.05) is 0 Å². The van der Waals surface area contributed by atoms with Crippen LogP contribution < -0.4 is 9.47 Å². The molecule has 0 spiro atoms. The molecular weight excluding hydrogens is 433 g/mol. The summed E-state index contributed by atoms with van der Waals surface area (Å²) in [7, 11) is -0.577.